The van der Waals surface area contributed by atoms with E-state index in [1.54, 1.807) is 4.68 Å². The number of aromatic nitrogens is 5. The predicted octanol–water partition coefficient (Wildman–Crippen LogP) is 4.34. The maximum atomic E-state index is 13.1. The number of fused-ring (bicyclic) bond motifs is 2. The molecule has 0 radical (unpaired) electrons. The van der Waals surface area contributed by atoms with E-state index < -0.39 is 12.1 Å². The molecular weight excluding hydrogens is 457 g/mol. The number of alkyl halides is 3. The van der Waals surface area contributed by atoms with Crippen LogP contribution in [0, 0.1) is 11.8 Å². The van der Waals surface area contributed by atoms with Crippen LogP contribution in [0.1, 0.15) is 60.1 Å². The Kier molecular flexibility index (Phi) is 6.14. The number of carbonyl (C=O) groups excluding carboxylic acids is 1. The molecule has 0 fully saturated rings. The highest BCUT2D eigenvalue weighted by Gasteiger charge is 2.42. The Labute approximate surface area is 201 Å². The Morgan fingerprint density at radius 3 is 2.57 bits per heavy atom. The second-order valence-corrected chi connectivity index (χ2v) is 9.61. The van der Waals surface area contributed by atoms with Crippen LogP contribution in [0.4, 0.5) is 13.2 Å². The molecule has 2 aromatic heterocycles. The molecule has 0 bridgehead atoms. The normalized spacial score (nSPS) is 19.8. The van der Waals surface area contributed by atoms with E-state index in [1.165, 1.54) is 0 Å². The summed E-state index contributed by atoms with van der Waals surface area (Å²) in [4.78, 5) is 22.1. The summed E-state index contributed by atoms with van der Waals surface area (Å²) in [7, 11) is 0. The summed E-state index contributed by atoms with van der Waals surface area (Å²) in [6.45, 7) is 5.61. The van der Waals surface area contributed by atoms with Crippen molar-refractivity contribution in [1.29, 1.82) is 0 Å². The lowest BCUT2D eigenvalue weighted by Crippen LogP contribution is -2.31. The molecule has 0 spiro atoms. The lowest BCUT2D eigenvalue weighted by molar-refractivity contribution is -0.179. The van der Waals surface area contributed by atoms with E-state index in [0.717, 1.165) is 42.0 Å². The zero-order chi connectivity index (χ0) is 24.7. The molecule has 2 atom stereocenters. The fourth-order valence-electron chi connectivity index (χ4n) is 4.96. The Morgan fingerprint density at radius 1 is 1.09 bits per heavy atom. The van der Waals surface area contributed by atoms with Gasteiger partial charge in [0.1, 0.15) is 17.3 Å². The molecule has 5 rings (SSSR count). The fourth-order valence-corrected chi connectivity index (χ4v) is 4.96. The number of hydrogen-bond acceptors (Lipinski definition) is 4. The molecule has 0 saturated heterocycles. The van der Waals surface area contributed by atoms with Crippen molar-refractivity contribution in [2.75, 3.05) is 0 Å². The predicted molar refractivity (Wildman–Crippen MR) is 124 cm³/mol. The molecule has 2 aliphatic rings. The molecule has 10 heteroatoms. The first-order chi connectivity index (χ1) is 16.7. The minimum atomic E-state index is -4.21. The number of amides is 1. The van der Waals surface area contributed by atoms with Gasteiger partial charge in [-0.2, -0.15) is 18.3 Å². The van der Waals surface area contributed by atoms with Crippen molar-refractivity contribution >= 4 is 5.91 Å². The molecule has 1 N–H and O–H groups in total. The first kappa shape index (κ1) is 23.6. The highest BCUT2D eigenvalue weighted by molar-refractivity contribution is 5.94. The van der Waals surface area contributed by atoms with Crippen molar-refractivity contribution in [1.82, 2.24) is 29.6 Å². The van der Waals surface area contributed by atoms with Crippen molar-refractivity contribution < 1.29 is 18.0 Å². The molecule has 1 amide bonds. The second kappa shape index (κ2) is 9.13. The van der Waals surface area contributed by atoms with E-state index in [1.807, 2.05) is 31.2 Å². The maximum Gasteiger partial charge on any atom is 0.392 e. The topological polar surface area (TPSA) is 77.6 Å². The molecule has 3 aromatic rings. The number of nitrogens with zero attached hydrogens (tertiary/aromatic N) is 5. The molecule has 2 aliphatic heterocycles. The Balaban J connectivity index is 1.25. The van der Waals surface area contributed by atoms with Gasteiger partial charge in [0.25, 0.3) is 5.91 Å². The lowest BCUT2D eigenvalue weighted by atomic mass is 9.98. The van der Waals surface area contributed by atoms with Gasteiger partial charge in [-0.15, -0.1) is 0 Å². The van der Waals surface area contributed by atoms with Gasteiger partial charge in [0.2, 0.25) is 0 Å². The average molecular weight is 487 g/mol. The van der Waals surface area contributed by atoms with Gasteiger partial charge < -0.3 is 9.88 Å². The first-order valence-corrected chi connectivity index (χ1v) is 12.2. The van der Waals surface area contributed by atoms with Gasteiger partial charge in [-0.25, -0.2) is 14.6 Å². The van der Waals surface area contributed by atoms with Crippen LogP contribution in [-0.2, 0) is 38.9 Å². The zero-order valence-corrected chi connectivity index (χ0v) is 19.9. The van der Waals surface area contributed by atoms with Crippen LogP contribution in [0.15, 0.2) is 24.3 Å². The van der Waals surface area contributed by atoms with Gasteiger partial charge >= 0.3 is 6.18 Å². The number of carbonyl (C=O) groups is 1. The number of halogens is 3. The highest BCUT2D eigenvalue weighted by Crippen LogP contribution is 2.35. The molecule has 0 saturated carbocycles. The number of hydrogen-bond donors (Lipinski definition) is 1. The van der Waals surface area contributed by atoms with Crippen LogP contribution in [0.2, 0.25) is 0 Å². The summed E-state index contributed by atoms with van der Waals surface area (Å²) in [5, 5.41) is 7.41. The van der Waals surface area contributed by atoms with Crippen LogP contribution in [-0.4, -0.2) is 36.4 Å². The summed E-state index contributed by atoms with van der Waals surface area (Å²) in [6.07, 6.45) is -1.69. The van der Waals surface area contributed by atoms with E-state index in [0.29, 0.717) is 36.2 Å². The van der Waals surface area contributed by atoms with Crippen LogP contribution >= 0.6 is 0 Å². The summed E-state index contributed by atoms with van der Waals surface area (Å²) >= 11 is 0. The maximum absolute atomic E-state index is 13.1. The Hall–Kier alpha value is -3.17. The minimum Gasteiger partial charge on any atom is -0.347 e. The largest absolute Gasteiger partial charge is 0.392 e. The summed E-state index contributed by atoms with van der Waals surface area (Å²) in [6, 6.07) is 7.43. The van der Waals surface area contributed by atoms with Crippen molar-refractivity contribution in [3.05, 3.63) is 52.9 Å². The third kappa shape index (κ3) is 4.70. The van der Waals surface area contributed by atoms with Gasteiger partial charge in [-0.3, -0.25) is 4.79 Å². The fraction of sp³-hybridized carbons (Fsp3) is 0.520. The number of imidazole rings is 1. The van der Waals surface area contributed by atoms with Crippen molar-refractivity contribution in [3.8, 4) is 11.4 Å². The minimum absolute atomic E-state index is 0.0249. The van der Waals surface area contributed by atoms with E-state index >= 15 is 0 Å². The summed E-state index contributed by atoms with van der Waals surface area (Å²) in [5.74, 6) is 0.872. The Bertz CT molecular complexity index is 1230. The average Bonchev–Trinajstić information content (AvgIpc) is 3.42. The lowest BCUT2D eigenvalue weighted by Gasteiger charge is -2.24. The van der Waals surface area contributed by atoms with Crippen molar-refractivity contribution in [3.63, 3.8) is 0 Å². The smallest absolute Gasteiger partial charge is 0.347 e. The van der Waals surface area contributed by atoms with E-state index in [4.69, 9.17) is 4.98 Å². The molecule has 7 nitrogen and oxygen atoms in total. The number of benzene rings is 1. The molecule has 4 heterocycles. The van der Waals surface area contributed by atoms with Crippen LogP contribution in [0.5, 0.6) is 0 Å². The number of rotatable bonds is 5. The zero-order valence-electron chi connectivity index (χ0n) is 19.9. The van der Waals surface area contributed by atoms with Gasteiger partial charge in [0.15, 0.2) is 5.82 Å². The van der Waals surface area contributed by atoms with Gasteiger partial charge in [0.05, 0.1) is 11.6 Å². The van der Waals surface area contributed by atoms with Crippen LogP contribution in [0.25, 0.3) is 11.4 Å². The standard InChI is InChI=1S/C25H29F3N6O/c1-3-19-22(33-10-8-15(2)12-20(33)30-19)24(35)29-14-16-4-6-17(7-5-16)23-31-21-13-18(25(26,27)28)9-11-34(21)32-23/h4-7,15,18H,3,8-14H2,1-2H3,(H,29,35)/t15-,18+/m1/s1. The quantitative estimate of drug-likeness (QED) is 0.582. The number of aryl methyl sites for hydroxylation is 2. The molecule has 35 heavy (non-hydrogen) atoms. The van der Waals surface area contributed by atoms with Gasteiger partial charge in [-0.05, 0) is 30.7 Å². The van der Waals surface area contributed by atoms with Gasteiger partial charge in [0, 0.05) is 38.0 Å². The highest BCUT2D eigenvalue weighted by atomic mass is 19.4. The molecular formula is C25H29F3N6O. The summed E-state index contributed by atoms with van der Waals surface area (Å²) in [5.41, 5.74) is 3.14. The second-order valence-electron chi connectivity index (χ2n) is 9.61. The SMILES string of the molecule is CCc1nc2n(c1C(=O)NCc1ccc(-c3nc4n(n3)CC[C@H](C(F)(F)F)C4)cc1)CC[C@@H](C)C2. The Morgan fingerprint density at radius 2 is 1.86 bits per heavy atom. The van der Waals surface area contributed by atoms with E-state index in [2.05, 4.69) is 26.9 Å². The molecule has 1 aromatic carbocycles. The van der Waals surface area contributed by atoms with Gasteiger partial charge in [-0.1, -0.05) is 38.1 Å². The number of nitrogens with one attached hydrogen (secondary N) is 1. The monoisotopic (exact) mass is 486 g/mol. The molecule has 0 unspecified atom stereocenters. The van der Waals surface area contributed by atoms with Crippen LogP contribution in [0.3, 0.4) is 0 Å². The van der Waals surface area contributed by atoms with Crippen molar-refractivity contribution in [2.45, 2.75) is 71.8 Å². The molecule has 186 valence electrons. The molecule has 0 aliphatic carbocycles. The summed E-state index contributed by atoms with van der Waals surface area (Å²) < 4.78 is 42.9. The third-order valence-corrected chi connectivity index (χ3v) is 7.04. The van der Waals surface area contributed by atoms with E-state index in [-0.39, 0.29) is 25.3 Å². The first-order valence-electron chi connectivity index (χ1n) is 12.2. The van der Waals surface area contributed by atoms with E-state index in [9.17, 15) is 18.0 Å². The van der Waals surface area contributed by atoms with Crippen LogP contribution < -0.4 is 5.32 Å². The van der Waals surface area contributed by atoms with Crippen molar-refractivity contribution in [2.24, 2.45) is 11.8 Å². The third-order valence-electron chi connectivity index (χ3n) is 7.04.